The molecular weight excluding hydrogens is 404 g/mol. The van der Waals surface area contributed by atoms with Crippen molar-refractivity contribution in [1.82, 2.24) is 0 Å². The molecule has 1 fully saturated rings. The number of hydrogen-bond donors (Lipinski definition) is 0. The number of ketones is 1. The van der Waals surface area contributed by atoms with Gasteiger partial charge in [0.1, 0.15) is 5.75 Å². The highest BCUT2D eigenvalue weighted by Gasteiger charge is 2.38. The number of carbonyl (C=O) groups is 3. The predicted molar refractivity (Wildman–Crippen MR) is 111 cm³/mol. The molecule has 1 amide bonds. The molecular formula is C22H22N2O7. The quantitative estimate of drug-likeness (QED) is 0.289. The van der Waals surface area contributed by atoms with Gasteiger partial charge < -0.3 is 14.4 Å². The fourth-order valence-electron chi connectivity index (χ4n) is 3.39. The van der Waals surface area contributed by atoms with E-state index in [4.69, 9.17) is 9.47 Å². The monoisotopic (exact) mass is 426 g/mol. The van der Waals surface area contributed by atoms with Gasteiger partial charge in [0.25, 0.3) is 5.69 Å². The number of methoxy groups -OCH3 is 1. The van der Waals surface area contributed by atoms with E-state index in [2.05, 4.69) is 0 Å². The Morgan fingerprint density at radius 3 is 2.48 bits per heavy atom. The van der Waals surface area contributed by atoms with Crippen LogP contribution in [-0.2, 0) is 14.3 Å². The lowest BCUT2D eigenvalue weighted by atomic mass is 10.1. The maximum absolute atomic E-state index is 12.6. The van der Waals surface area contributed by atoms with Crippen molar-refractivity contribution in [3.63, 3.8) is 0 Å². The number of esters is 1. The Kier molecular flexibility index (Phi) is 6.33. The minimum absolute atomic E-state index is 0.0291. The summed E-state index contributed by atoms with van der Waals surface area (Å²) in [6, 6.07) is 10.9. The summed E-state index contributed by atoms with van der Waals surface area (Å²) in [7, 11) is 1.52. The van der Waals surface area contributed by atoms with Crippen molar-refractivity contribution in [3.8, 4) is 5.75 Å². The van der Waals surface area contributed by atoms with Gasteiger partial charge in [-0.1, -0.05) is 6.07 Å². The molecule has 2 atom stereocenters. The third-order valence-corrected chi connectivity index (χ3v) is 5.20. The number of ether oxygens (including phenoxy) is 2. The summed E-state index contributed by atoms with van der Waals surface area (Å²) >= 11 is 0. The summed E-state index contributed by atoms with van der Waals surface area (Å²) in [4.78, 5) is 49.5. The van der Waals surface area contributed by atoms with Crippen LogP contribution in [0.2, 0.25) is 0 Å². The Labute approximate surface area is 178 Å². The lowest BCUT2D eigenvalue weighted by Gasteiger charge is -2.18. The average Bonchev–Trinajstić information content (AvgIpc) is 3.15. The Morgan fingerprint density at radius 2 is 1.87 bits per heavy atom. The Bertz CT molecular complexity index is 1030. The molecule has 0 radical (unpaired) electrons. The van der Waals surface area contributed by atoms with Gasteiger partial charge in [-0.3, -0.25) is 24.5 Å². The molecule has 162 valence electrons. The number of aryl methyl sites for hydroxylation is 1. The number of carbonyl (C=O) groups excluding carboxylic acids is 3. The second-order valence-electron chi connectivity index (χ2n) is 7.31. The molecule has 0 N–H and O–H groups in total. The molecule has 1 heterocycles. The van der Waals surface area contributed by atoms with Gasteiger partial charge in [-0.2, -0.15) is 0 Å². The molecule has 3 rings (SSSR count). The summed E-state index contributed by atoms with van der Waals surface area (Å²) in [5.41, 5.74) is 1.09. The SMILES string of the molecule is COc1ccc(C(=O)[C@H](C)OC(=O)[C@H]2CC(=O)N(c3ccc(C)c([N+](=O)[O-])c3)C2)cc1. The molecule has 2 aromatic rings. The fourth-order valence-corrected chi connectivity index (χ4v) is 3.39. The minimum atomic E-state index is -1.02. The summed E-state index contributed by atoms with van der Waals surface area (Å²) in [6.07, 6.45) is -1.12. The highest BCUT2D eigenvalue weighted by molar-refractivity contribution is 6.02. The van der Waals surface area contributed by atoms with Crippen LogP contribution >= 0.6 is 0 Å². The van der Waals surface area contributed by atoms with Gasteiger partial charge in [0.2, 0.25) is 11.7 Å². The third kappa shape index (κ3) is 4.71. The van der Waals surface area contributed by atoms with Gasteiger partial charge in [-0.05, 0) is 44.2 Å². The number of Topliss-reactive ketones (excluding diaryl/α,β-unsaturated/α-hetero) is 1. The molecule has 1 saturated heterocycles. The van der Waals surface area contributed by atoms with E-state index in [0.717, 1.165) is 0 Å². The van der Waals surface area contributed by atoms with Gasteiger partial charge in [-0.25, -0.2) is 0 Å². The zero-order valence-electron chi connectivity index (χ0n) is 17.4. The Balaban J connectivity index is 1.66. The number of nitro groups is 1. The van der Waals surface area contributed by atoms with E-state index in [9.17, 15) is 24.5 Å². The van der Waals surface area contributed by atoms with Crippen molar-refractivity contribution in [2.45, 2.75) is 26.4 Å². The molecule has 1 aliphatic heterocycles. The Morgan fingerprint density at radius 1 is 1.19 bits per heavy atom. The van der Waals surface area contributed by atoms with Crippen molar-refractivity contribution < 1.29 is 28.8 Å². The van der Waals surface area contributed by atoms with Gasteiger partial charge in [0.05, 0.1) is 23.6 Å². The van der Waals surface area contributed by atoms with Crippen LogP contribution in [0.5, 0.6) is 5.75 Å². The lowest BCUT2D eigenvalue weighted by molar-refractivity contribution is -0.385. The highest BCUT2D eigenvalue weighted by Crippen LogP contribution is 2.30. The third-order valence-electron chi connectivity index (χ3n) is 5.20. The minimum Gasteiger partial charge on any atom is -0.497 e. The first kappa shape index (κ1) is 21.9. The predicted octanol–water partition coefficient (Wildman–Crippen LogP) is 3.08. The van der Waals surface area contributed by atoms with E-state index in [0.29, 0.717) is 22.6 Å². The normalized spacial score (nSPS) is 16.7. The standard InChI is InChI=1S/C22H22N2O7/c1-13-4-7-17(11-19(13)24(28)29)23-12-16(10-20(23)25)22(27)31-14(2)21(26)15-5-8-18(30-3)9-6-15/h4-9,11,14,16H,10,12H2,1-3H3/t14-,16-/m0/s1. The number of nitrogens with zero attached hydrogens (tertiary/aromatic N) is 2. The zero-order valence-corrected chi connectivity index (χ0v) is 17.4. The van der Waals surface area contributed by atoms with E-state index in [1.54, 1.807) is 43.3 Å². The van der Waals surface area contributed by atoms with Crippen LogP contribution < -0.4 is 9.64 Å². The maximum Gasteiger partial charge on any atom is 0.312 e. The van der Waals surface area contributed by atoms with E-state index >= 15 is 0 Å². The molecule has 9 nitrogen and oxygen atoms in total. The molecule has 31 heavy (non-hydrogen) atoms. The van der Waals surface area contributed by atoms with Crippen molar-refractivity contribution in [3.05, 3.63) is 63.7 Å². The number of nitro benzene ring substituents is 1. The fraction of sp³-hybridized carbons (Fsp3) is 0.318. The number of anilines is 1. The largest absolute Gasteiger partial charge is 0.497 e. The summed E-state index contributed by atoms with van der Waals surface area (Å²) in [5.74, 6) is -1.53. The number of rotatable bonds is 7. The average molecular weight is 426 g/mol. The van der Waals surface area contributed by atoms with Crippen molar-refractivity contribution in [2.24, 2.45) is 5.92 Å². The summed E-state index contributed by atoms with van der Waals surface area (Å²) in [6.45, 7) is 3.11. The molecule has 0 unspecified atom stereocenters. The first-order valence-corrected chi connectivity index (χ1v) is 9.65. The number of amides is 1. The van der Waals surface area contributed by atoms with Crippen LogP contribution in [0.25, 0.3) is 0 Å². The second kappa shape index (κ2) is 8.95. The first-order valence-electron chi connectivity index (χ1n) is 9.65. The van der Waals surface area contributed by atoms with Gasteiger partial charge in [-0.15, -0.1) is 0 Å². The molecule has 0 spiro atoms. The maximum atomic E-state index is 12.6. The molecule has 0 aliphatic carbocycles. The molecule has 2 aromatic carbocycles. The Hall–Kier alpha value is -3.75. The molecule has 9 heteroatoms. The van der Waals surface area contributed by atoms with Crippen LogP contribution in [0, 0.1) is 23.0 Å². The van der Waals surface area contributed by atoms with E-state index < -0.39 is 22.9 Å². The second-order valence-corrected chi connectivity index (χ2v) is 7.31. The molecule has 0 saturated carbocycles. The summed E-state index contributed by atoms with van der Waals surface area (Å²) in [5, 5.41) is 11.2. The van der Waals surface area contributed by atoms with E-state index in [1.165, 1.54) is 25.0 Å². The van der Waals surface area contributed by atoms with Crippen molar-refractivity contribution >= 4 is 29.0 Å². The smallest absolute Gasteiger partial charge is 0.312 e. The zero-order chi connectivity index (χ0) is 22.7. The number of benzene rings is 2. The molecule has 1 aliphatic rings. The molecule has 0 bridgehead atoms. The van der Waals surface area contributed by atoms with E-state index in [1.807, 2.05) is 0 Å². The summed E-state index contributed by atoms with van der Waals surface area (Å²) < 4.78 is 10.4. The van der Waals surface area contributed by atoms with Crippen LogP contribution in [0.15, 0.2) is 42.5 Å². The topological polar surface area (TPSA) is 116 Å². The van der Waals surface area contributed by atoms with Gasteiger partial charge in [0.15, 0.2) is 6.10 Å². The number of hydrogen-bond acceptors (Lipinski definition) is 7. The molecule has 0 aromatic heterocycles. The van der Waals surface area contributed by atoms with E-state index in [-0.39, 0.29) is 30.3 Å². The van der Waals surface area contributed by atoms with Gasteiger partial charge >= 0.3 is 5.97 Å². The van der Waals surface area contributed by atoms with Gasteiger partial charge in [0, 0.05) is 30.2 Å². The van der Waals surface area contributed by atoms with Crippen LogP contribution in [0.1, 0.15) is 29.3 Å². The first-order chi connectivity index (χ1) is 14.7. The highest BCUT2D eigenvalue weighted by atomic mass is 16.6. The van der Waals surface area contributed by atoms with Crippen molar-refractivity contribution in [1.29, 1.82) is 0 Å². The van der Waals surface area contributed by atoms with Crippen LogP contribution in [-0.4, -0.2) is 42.3 Å². The lowest BCUT2D eigenvalue weighted by Crippen LogP contribution is -2.30. The van der Waals surface area contributed by atoms with Crippen LogP contribution in [0.4, 0.5) is 11.4 Å². The van der Waals surface area contributed by atoms with Crippen LogP contribution in [0.3, 0.4) is 0 Å². The van der Waals surface area contributed by atoms with Crippen molar-refractivity contribution in [2.75, 3.05) is 18.6 Å².